The summed E-state index contributed by atoms with van der Waals surface area (Å²) >= 11 is 1.49. The highest BCUT2D eigenvalue weighted by atomic mass is 32.1. The Hall–Kier alpha value is -0.940. The molecule has 1 aliphatic rings. The normalized spacial score (nSPS) is 24.2. The van der Waals surface area contributed by atoms with E-state index in [1.165, 1.54) is 11.3 Å². The lowest BCUT2D eigenvalue weighted by atomic mass is 10.1. The van der Waals surface area contributed by atoms with E-state index in [9.17, 15) is 4.79 Å². The number of hydrogen-bond acceptors (Lipinski definition) is 4. The molecule has 0 aliphatic heterocycles. The third-order valence-electron chi connectivity index (χ3n) is 3.19. The number of thiazole rings is 1. The van der Waals surface area contributed by atoms with E-state index in [2.05, 4.69) is 24.1 Å². The van der Waals surface area contributed by atoms with Gasteiger partial charge in [0.15, 0.2) is 5.13 Å². The van der Waals surface area contributed by atoms with Crippen LogP contribution in [0.2, 0.25) is 0 Å². The van der Waals surface area contributed by atoms with Gasteiger partial charge in [-0.1, -0.05) is 13.8 Å². The van der Waals surface area contributed by atoms with Crippen LogP contribution in [-0.4, -0.2) is 16.9 Å². The van der Waals surface area contributed by atoms with E-state index in [1.54, 1.807) is 0 Å². The van der Waals surface area contributed by atoms with Gasteiger partial charge in [0.25, 0.3) is 0 Å². The van der Waals surface area contributed by atoms with Crippen LogP contribution in [0.3, 0.4) is 0 Å². The molecule has 0 aromatic carbocycles. The van der Waals surface area contributed by atoms with Crippen molar-refractivity contribution in [2.45, 2.75) is 45.1 Å². The minimum atomic E-state index is 0.0661. The van der Waals surface area contributed by atoms with Crippen molar-refractivity contribution in [3.8, 4) is 0 Å². The molecule has 0 bridgehead atoms. The highest BCUT2D eigenvalue weighted by Crippen LogP contribution is 2.27. The van der Waals surface area contributed by atoms with Crippen molar-refractivity contribution >= 4 is 22.4 Å². The summed E-state index contributed by atoms with van der Waals surface area (Å²) in [7, 11) is 0. The fourth-order valence-electron chi connectivity index (χ4n) is 2.07. The van der Waals surface area contributed by atoms with E-state index >= 15 is 0 Å². The molecule has 1 aromatic heterocycles. The molecule has 1 aromatic rings. The fraction of sp³-hybridized carbons (Fsp3) is 0.667. The molecule has 17 heavy (non-hydrogen) atoms. The lowest BCUT2D eigenvalue weighted by Gasteiger charge is -2.08. The van der Waals surface area contributed by atoms with Gasteiger partial charge in [-0.15, -0.1) is 11.3 Å². The van der Waals surface area contributed by atoms with Crippen molar-refractivity contribution in [1.29, 1.82) is 0 Å². The van der Waals surface area contributed by atoms with Crippen molar-refractivity contribution in [3.63, 3.8) is 0 Å². The van der Waals surface area contributed by atoms with Crippen LogP contribution >= 0.6 is 11.3 Å². The number of hydrogen-bond donors (Lipinski definition) is 2. The van der Waals surface area contributed by atoms with Crippen molar-refractivity contribution in [2.24, 2.45) is 11.7 Å². The monoisotopic (exact) mass is 253 g/mol. The van der Waals surface area contributed by atoms with Crippen LogP contribution in [-0.2, 0) is 4.79 Å². The highest BCUT2D eigenvalue weighted by molar-refractivity contribution is 7.13. The molecule has 0 saturated heterocycles. The van der Waals surface area contributed by atoms with E-state index in [1.807, 2.05) is 5.38 Å². The summed E-state index contributed by atoms with van der Waals surface area (Å²) in [5.74, 6) is 0.538. The smallest absolute Gasteiger partial charge is 0.229 e. The molecule has 2 rings (SSSR count). The lowest BCUT2D eigenvalue weighted by molar-refractivity contribution is -0.119. The molecule has 1 aliphatic carbocycles. The first-order valence-electron chi connectivity index (χ1n) is 6.08. The van der Waals surface area contributed by atoms with Gasteiger partial charge in [0.1, 0.15) is 0 Å². The van der Waals surface area contributed by atoms with Crippen molar-refractivity contribution in [2.75, 3.05) is 5.32 Å². The average molecular weight is 253 g/mol. The lowest BCUT2D eigenvalue weighted by Crippen LogP contribution is -2.23. The van der Waals surface area contributed by atoms with Gasteiger partial charge < -0.3 is 11.1 Å². The maximum atomic E-state index is 11.9. The minimum absolute atomic E-state index is 0.0661. The third kappa shape index (κ3) is 3.04. The van der Waals surface area contributed by atoms with Crippen LogP contribution < -0.4 is 11.1 Å². The standard InChI is InChI=1S/C12H19N3OS/c1-7(2)10-6-17-12(14-10)15-11(16)8-3-4-9(13)5-8/h6-9H,3-5,13H2,1-2H3,(H,14,15,16). The van der Waals surface area contributed by atoms with Gasteiger partial charge in [0.05, 0.1) is 5.69 Å². The molecular weight excluding hydrogens is 234 g/mol. The van der Waals surface area contributed by atoms with Crippen LogP contribution in [0.5, 0.6) is 0 Å². The molecule has 94 valence electrons. The molecule has 1 fully saturated rings. The Morgan fingerprint density at radius 2 is 2.35 bits per heavy atom. The number of rotatable bonds is 3. The van der Waals surface area contributed by atoms with Crippen LogP contribution in [0, 0.1) is 5.92 Å². The zero-order valence-electron chi connectivity index (χ0n) is 10.3. The molecule has 0 spiro atoms. The summed E-state index contributed by atoms with van der Waals surface area (Å²) in [6.07, 6.45) is 2.65. The fourth-order valence-corrected chi connectivity index (χ4v) is 2.95. The van der Waals surface area contributed by atoms with Gasteiger partial charge in [-0.05, 0) is 25.2 Å². The first kappa shape index (κ1) is 12.5. The Morgan fingerprint density at radius 3 is 2.88 bits per heavy atom. The van der Waals surface area contributed by atoms with Crippen LogP contribution in [0.15, 0.2) is 5.38 Å². The van der Waals surface area contributed by atoms with Crippen molar-refractivity contribution < 1.29 is 4.79 Å². The summed E-state index contributed by atoms with van der Waals surface area (Å²) in [5, 5.41) is 5.60. The number of nitrogens with zero attached hydrogens (tertiary/aromatic N) is 1. The highest BCUT2D eigenvalue weighted by Gasteiger charge is 2.28. The van der Waals surface area contributed by atoms with Gasteiger partial charge in [0, 0.05) is 17.3 Å². The maximum absolute atomic E-state index is 11.9. The Morgan fingerprint density at radius 1 is 1.59 bits per heavy atom. The third-order valence-corrected chi connectivity index (χ3v) is 3.96. The van der Waals surface area contributed by atoms with Crippen molar-refractivity contribution in [3.05, 3.63) is 11.1 Å². The summed E-state index contributed by atoms with van der Waals surface area (Å²) < 4.78 is 0. The molecule has 5 heteroatoms. The zero-order valence-corrected chi connectivity index (χ0v) is 11.1. The number of amides is 1. The number of anilines is 1. The summed E-state index contributed by atoms with van der Waals surface area (Å²) in [4.78, 5) is 16.3. The van der Waals surface area contributed by atoms with E-state index in [4.69, 9.17) is 5.73 Å². The van der Waals surface area contributed by atoms with Gasteiger partial charge in [0.2, 0.25) is 5.91 Å². The first-order valence-corrected chi connectivity index (χ1v) is 6.96. The van der Waals surface area contributed by atoms with Crippen molar-refractivity contribution in [1.82, 2.24) is 4.98 Å². The number of carbonyl (C=O) groups excluding carboxylic acids is 1. The second-order valence-electron chi connectivity index (χ2n) is 4.99. The number of carbonyl (C=O) groups is 1. The zero-order chi connectivity index (χ0) is 12.4. The average Bonchev–Trinajstić information content (AvgIpc) is 2.86. The summed E-state index contributed by atoms with van der Waals surface area (Å²) in [5.41, 5.74) is 6.84. The molecule has 4 nitrogen and oxygen atoms in total. The molecule has 0 radical (unpaired) electrons. The second-order valence-corrected chi connectivity index (χ2v) is 5.85. The molecule has 2 unspecified atom stereocenters. The van der Waals surface area contributed by atoms with Crippen LogP contribution in [0.4, 0.5) is 5.13 Å². The number of aromatic nitrogens is 1. The van der Waals surface area contributed by atoms with E-state index in [0.717, 1.165) is 25.0 Å². The Labute approximate surface area is 106 Å². The largest absolute Gasteiger partial charge is 0.328 e. The summed E-state index contributed by atoms with van der Waals surface area (Å²) in [6.45, 7) is 4.19. The summed E-state index contributed by atoms with van der Waals surface area (Å²) in [6, 6.07) is 0.188. The molecule has 2 atom stereocenters. The van der Waals surface area contributed by atoms with Crippen LogP contribution in [0.25, 0.3) is 0 Å². The van der Waals surface area contributed by atoms with E-state index < -0.39 is 0 Å². The maximum Gasteiger partial charge on any atom is 0.229 e. The molecule has 1 amide bonds. The molecule has 1 heterocycles. The quantitative estimate of drug-likeness (QED) is 0.868. The first-order chi connectivity index (χ1) is 8.06. The molecule has 1 saturated carbocycles. The van der Waals surface area contributed by atoms with Gasteiger partial charge in [-0.2, -0.15) is 0 Å². The molecule has 3 N–H and O–H groups in total. The topological polar surface area (TPSA) is 68.0 Å². The number of nitrogens with two attached hydrogens (primary N) is 1. The van der Waals surface area contributed by atoms with Gasteiger partial charge in [-0.3, -0.25) is 4.79 Å². The van der Waals surface area contributed by atoms with Gasteiger partial charge >= 0.3 is 0 Å². The Balaban J connectivity index is 1.93. The van der Waals surface area contributed by atoms with E-state index in [0.29, 0.717) is 11.0 Å². The van der Waals surface area contributed by atoms with Gasteiger partial charge in [-0.25, -0.2) is 4.98 Å². The second kappa shape index (κ2) is 5.14. The Bertz CT molecular complexity index is 402. The SMILES string of the molecule is CC(C)c1csc(NC(=O)C2CCC(N)C2)n1. The van der Waals surface area contributed by atoms with Crippen LogP contribution in [0.1, 0.15) is 44.7 Å². The predicted molar refractivity (Wildman–Crippen MR) is 70.1 cm³/mol. The Kier molecular flexibility index (Phi) is 3.79. The predicted octanol–water partition coefficient (Wildman–Crippen LogP) is 2.33. The minimum Gasteiger partial charge on any atom is -0.328 e. The number of nitrogens with one attached hydrogen (secondary N) is 1. The molecular formula is C12H19N3OS. The van der Waals surface area contributed by atoms with E-state index in [-0.39, 0.29) is 17.9 Å².